The Morgan fingerprint density at radius 3 is 2.65 bits per heavy atom. The maximum Gasteiger partial charge on any atom is 0.315 e. The van der Waals surface area contributed by atoms with Crippen molar-refractivity contribution in [2.45, 2.75) is 26.3 Å². The molecule has 94 valence electrons. The number of rotatable bonds is 4. The molecule has 1 aliphatic carbocycles. The van der Waals surface area contributed by atoms with Gasteiger partial charge in [-0.1, -0.05) is 23.8 Å². The van der Waals surface area contributed by atoms with Gasteiger partial charge in [0.1, 0.15) is 0 Å². The third-order valence-electron chi connectivity index (χ3n) is 2.49. The number of amides is 2. The molecule has 0 spiro atoms. The molecular formula is C12H18N2O3. The molecule has 0 aromatic heterocycles. The number of carbonyl (C=O) groups excluding carboxylic acids is 1. The molecule has 17 heavy (non-hydrogen) atoms. The van der Waals surface area contributed by atoms with Crippen molar-refractivity contribution < 1.29 is 14.7 Å². The Hall–Kier alpha value is -1.78. The SMILES string of the molecule is CC(C)=CCNC(=O)NC1C=CC(C(=O)O)C1. The van der Waals surface area contributed by atoms with Gasteiger partial charge in [0.25, 0.3) is 0 Å². The van der Waals surface area contributed by atoms with Crippen LogP contribution in [0, 0.1) is 5.92 Å². The topological polar surface area (TPSA) is 78.4 Å². The zero-order valence-electron chi connectivity index (χ0n) is 10.1. The van der Waals surface area contributed by atoms with E-state index in [4.69, 9.17) is 5.11 Å². The number of urea groups is 1. The summed E-state index contributed by atoms with van der Waals surface area (Å²) in [5.41, 5.74) is 1.14. The number of aliphatic carboxylic acids is 1. The van der Waals surface area contributed by atoms with Crippen LogP contribution in [0.3, 0.4) is 0 Å². The van der Waals surface area contributed by atoms with Crippen molar-refractivity contribution in [2.24, 2.45) is 5.92 Å². The molecule has 3 N–H and O–H groups in total. The minimum Gasteiger partial charge on any atom is -0.481 e. The summed E-state index contributed by atoms with van der Waals surface area (Å²) in [6.45, 7) is 4.39. The van der Waals surface area contributed by atoms with Crippen LogP contribution in [-0.2, 0) is 4.79 Å². The van der Waals surface area contributed by atoms with Gasteiger partial charge in [0.2, 0.25) is 0 Å². The van der Waals surface area contributed by atoms with Gasteiger partial charge in [0.05, 0.1) is 12.0 Å². The number of allylic oxidation sites excluding steroid dienone is 1. The molecule has 0 aromatic carbocycles. The zero-order chi connectivity index (χ0) is 12.8. The third-order valence-corrected chi connectivity index (χ3v) is 2.49. The fourth-order valence-corrected chi connectivity index (χ4v) is 1.56. The predicted molar refractivity (Wildman–Crippen MR) is 64.6 cm³/mol. The van der Waals surface area contributed by atoms with Crippen LogP contribution in [0.5, 0.6) is 0 Å². The second-order valence-electron chi connectivity index (χ2n) is 4.31. The molecule has 0 radical (unpaired) electrons. The molecular weight excluding hydrogens is 220 g/mol. The summed E-state index contributed by atoms with van der Waals surface area (Å²) in [6.07, 6.45) is 5.66. The number of carboxylic acids is 1. The second-order valence-corrected chi connectivity index (χ2v) is 4.31. The van der Waals surface area contributed by atoms with Crippen LogP contribution in [0.15, 0.2) is 23.8 Å². The van der Waals surface area contributed by atoms with Crippen molar-refractivity contribution in [3.8, 4) is 0 Å². The Morgan fingerprint density at radius 2 is 2.12 bits per heavy atom. The van der Waals surface area contributed by atoms with Crippen molar-refractivity contribution >= 4 is 12.0 Å². The maximum atomic E-state index is 11.4. The van der Waals surface area contributed by atoms with E-state index in [1.54, 1.807) is 12.2 Å². The number of hydrogen-bond donors (Lipinski definition) is 3. The molecule has 1 aliphatic rings. The van der Waals surface area contributed by atoms with Crippen LogP contribution < -0.4 is 10.6 Å². The van der Waals surface area contributed by atoms with E-state index < -0.39 is 11.9 Å². The first-order valence-corrected chi connectivity index (χ1v) is 5.58. The lowest BCUT2D eigenvalue weighted by Crippen LogP contribution is -2.41. The van der Waals surface area contributed by atoms with Gasteiger partial charge in [-0.2, -0.15) is 0 Å². The largest absolute Gasteiger partial charge is 0.481 e. The Bertz CT molecular complexity index is 357. The average molecular weight is 238 g/mol. The molecule has 0 fully saturated rings. The molecule has 0 saturated carbocycles. The first-order chi connectivity index (χ1) is 7.99. The molecule has 5 heteroatoms. The maximum absolute atomic E-state index is 11.4. The summed E-state index contributed by atoms with van der Waals surface area (Å²) < 4.78 is 0. The van der Waals surface area contributed by atoms with Gasteiger partial charge in [-0.05, 0) is 20.3 Å². The van der Waals surface area contributed by atoms with Crippen molar-refractivity contribution in [1.29, 1.82) is 0 Å². The lowest BCUT2D eigenvalue weighted by atomic mass is 10.1. The van der Waals surface area contributed by atoms with Crippen LogP contribution in [0.25, 0.3) is 0 Å². The van der Waals surface area contributed by atoms with E-state index in [1.807, 2.05) is 19.9 Å². The summed E-state index contributed by atoms with van der Waals surface area (Å²) in [5.74, 6) is -1.34. The summed E-state index contributed by atoms with van der Waals surface area (Å²) in [7, 11) is 0. The van der Waals surface area contributed by atoms with Gasteiger partial charge in [-0.25, -0.2) is 4.79 Å². The van der Waals surface area contributed by atoms with E-state index in [-0.39, 0.29) is 12.1 Å². The van der Waals surface area contributed by atoms with E-state index in [0.717, 1.165) is 5.57 Å². The zero-order valence-corrected chi connectivity index (χ0v) is 10.1. The summed E-state index contributed by atoms with van der Waals surface area (Å²) in [4.78, 5) is 22.1. The molecule has 0 aliphatic heterocycles. The molecule has 2 unspecified atom stereocenters. The minimum atomic E-state index is -0.851. The van der Waals surface area contributed by atoms with Crippen molar-refractivity contribution in [3.63, 3.8) is 0 Å². The second kappa shape index (κ2) is 6.08. The Kier molecular flexibility index (Phi) is 4.75. The molecule has 2 atom stereocenters. The van der Waals surface area contributed by atoms with Crippen LogP contribution in [0.2, 0.25) is 0 Å². The number of nitrogens with one attached hydrogen (secondary N) is 2. The quantitative estimate of drug-likeness (QED) is 0.645. The highest BCUT2D eigenvalue weighted by Gasteiger charge is 2.25. The normalized spacial score (nSPS) is 22.0. The van der Waals surface area contributed by atoms with Crippen molar-refractivity contribution in [2.75, 3.05) is 6.54 Å². The third kappa shape index (κ3) is 4.72. The molecule has 5 nitrogen and oxygen atoms in total. The van der Waals surface area contributed by atoms with Crippen LogP contribution >= 0.6 is 0 Å². The van der Waals surface area contributed by atoms with E-state index in [0.29, 0.717) is 13.0 Å². The van der Waals surface area contributed by atoms with E-state index in [1.165, 1.54) is 0 Å². The van der Waals surface area contributed by atoms with Crippen LogP contribution in [0.4, 0.5) is 4.79 Å². The van der Waals surface area contributed by atoms with Crippen molar-refractivity contribution in [3.05, 3.63) is 23.8 Å². The molecule has 2 amide bonds. The lowest BCUT2D eigenvalue weighted by Gasteiger charge is -2.12. The lowest BCUT2D eigenvalue weighted by molar-refractivity contribution is -0.140. The molecule has 0 aromatic rings. The molecule has 0 heterocycles. The molecule has 0 bridgehead atoms. The average Bonchev–Trinajstić information content (AvgIpc) is 2.65. The molecule has 1 rings (SSSR count). The molecule has 0 saturated heterocycles. The number of carboxylic acid groups (broad SMARTS) is 1. The standard InChI is InChI=1S/C12H18N2O3/c1-8(2)5-6-13-12(17)14-10-4-3-9(7-10)11(15)16/h3-5,9-10H,6-7H2,1-2H3,(H,15,16)(H2,13,14,17). The number of carbonyl (C=O) groups is 2. The highest BCUT2D eigenvalue weighted by atomic mass is 16.4. The fraction of sp³-hybridized carbons (Fsp3) is 0.500. The van der Waals surface area contributed by atoms with Gasteiger partial charge >= 0.3 is 12.0 Å². The van der Waals surface area contributed by atoms with Crippen molar-refractivity contribution in [1.82, 2.24) is 10.6 Å². The number of hydrogen-bond acceptors (Lipinski definition) is 2. The van der Waals surface area contributed by atoms with Gasteiger partial charge in [-0.15, -0.1) is 0 Å². The smallest absolute Gasteiger partial charge is 0.315 e. The van der Waals surface area contributed by atoms with E-state index in [2.05, 4.69) is 10.6 Å². The van der Waals surface area contributed by atoms with E-state index in [9.17, 15) is 9.59 Å². The first-order valence-electron chi connectivity index (χ1n) is 5.58. The van der Waals surface area contributed by atoms with Crippen LogP contribution in [0.1, 0.15) is 20.3 Å². The Morgan fingerprint density at radius 1 is 1.41 bits per heavy atom. The van der Waals surface area contributed by atoms with Crippen LogP contribution in [-0.4, -0.2) is 29.7 Å². The predicted octanol–water partition coefficient (Wildman–Crippen LogP) is 1.28. The summed E-state index contributed by atoms with van der Waals surface area (Å²) >= 11 is 0. The van der Waals surface area contributed by atoms with Gasteiger partial charge in [0.15, 0.2) is 0 Å². The van der Waals surface area contributed by atoms with Gasteiger partial charge < -0.3 is 15.7 Å². The highest BCUT2D eigenvalue weighted by Crippen LogP contribution is 2.17. The fourth-order valence-electron chi connectivity index (χ4n) is 1.56. The summed E-state index contributed by atoms with van der Waals surface area (Å²) in [5, 5.41) is 14.2. The Labute approximate surface area is 101 Å². The first kappa shape index (κ1) is 13.3. The summed E-state index contributed by atoms with van der Waals surface area (Å²) in [6, 6.07) is -0.467. The Balaban J connectivity index is 2.27. The van der Waals surface area contributed by atoms with Gasteiger partial charge in [-0.3, -0.25) is 4.79 Å². The monoisotopic (exact) mass is 238 g/mol. The van der Waals surface area contributed by atoms with Gasteiger partial charge in [0, 0.05) is 6.54 Å². The minimum absolute atomic E-state index is 0.192. The van der Waals surface area contributed by atoms with E-state index >= 15 is 0 Å². The highest BCUT2D eigenvalue weighted by molar-refractivity contribution is 5.76.